The van der Waals surface area contributed by atoms with Crippen molar-refractivity contribution < 1.29 is 0 Å². The number of hydrogen-bond donors (Lipinski definition) is 1. The van der Waals surface area contributed by atoms with Crippen molar-refractivity contribution in [2.45, 2.75) is 6.04 Å². The largest absolute Gasteiger partial charge is 0.361 e. The van der Waals surface area contributed by atoms with Crippen LogP contribution in [0.15, 0.2) is 42.5 Å². The van der Waals surface area contributed by atoms with E-state index in [0.717, 1.165) is 35.9 Å². The zero-order valence-electron chi connectivity index (χ0n) is 11.8. The fourth-order valence-electron chi connectivity index (χ4n) is 2.78. The highest BCUT2D eigenvalue weighted by Crippen LogP contribution is 2.36. The highest BCUT2D eigenvalue weighted by atomic mass is 35.5. The maximum atomic E-state index is 6.39. The third-order valence-corrected chi connectivity index (χ3v) is 4.68. The van der Waals surface area contributed by atoms with Gasteiger partial charge in [-0.2, -0.15) is 0 Å². The second kappa shape index (κ2) is 6.65. The average molecular weight is 357 g/mol. The summed E-state index contributed by atoms with van der Waals surface area (Å²) in [6.45, 7) is 2.30. The Labute approximate surface area is 145 Å². The number of hydrogen-bond acceptors (Lipinski definition) is 3. The van der Waals surface area contributed by atoms with Gasteiger partial charge in [0, 0.05) is 29.7 Å². The van der Waals surface area contributed by atoms with Crippen LogP contribution in [-0.2, 0) is 0 Å². The van der Waals surface area contributed by atoms with Crippen LogP contribution in [0.1, 0.15) is 11.6 Å². The van der Waals surface area contributed by atoms with Crippen molar-refractivity contribution in [3.8, 4) is 0 Å². The van der Waals surface area contributed by atoms with Crippen LogP contribution in [0, 0.1) is 0 Å². The van der Waals surface area contributed by atoms with Gasteiger partial charge in [-0.3, -0.25) is 5.84 Å². The van der Waals surface area contributed by atoms with Crippen LogP contribution in [-0.4, -0.2) is 24.6 Å². The van der Waals surface area contributed by atoms with Gasteiger partial charge in [-0.05, 0) is 35.9 Å². The van der Waals surface area contributed by atoms with Crippen LogP contribution < -0.4 is 10.7 Å². The van der Waals surface area contributed by atoms with E-state index in [2.05, 4.69) is 4.90 Å². The summed E-state index contributed by atoms with van der Waals surface area (Å²) in [5.74, 6) is 6.02. The van der Waals surface area contributed by atoms with Gasteiger partial charge < -0.3 is 4.90 Å². The summed E-state index contributed by atoms with van der Waals surface area (Å²) >= 11 is 18.4. The summed E-state index contributed by atoms with van der Waals surface area (Å²) in [5.41, 5.74) is 2.13. The number of hydrazine groups is 1. The van der Waals surface area contributed by atoms with E-state index < -0.39 is 0 Å². The molecule has 3 nitrogen and oxygen atoms in total. The Morgan fingerprint density at radius 1 is 0.909 bits per heavy atom. The van der Waals surface area contributed by atoms with Gasteiger partial charge in [0.15, 0.2) is 0 Å². The van der Waals surface area contributed by atoms with Crippen LogP contribution in [0.5, 0.6) is 0 Å². The minimum absolute atomic E-state index is 0.120. The number of benzene rings is 2. The minimum Gasteiger partial charge on any atom is -0.361 e. The Morgan fingerprint density at radius 2 is 1.59 bits per heavy atom. The molecule has 6 heteroatoms. The molecule has 2 aromatic rings. The second-order valence-electron chi connectivity index (χ2n) is 5.35. The summed E-state index contributed by atoms with van der Waals surface area (Å²) in [7, 11) is 0. The normalized spacial score (nSPS) is 19.5. The van der Waals surface area contributed by atoms with Gasteiger partial charge in [0.2, 0.25) is 0 Å². The van der Waals surface area contributed by atoms with E-state index in [0.29, 0.717) is 10.0 Å². The van der Waals surface area contributed by atoms with Crippen LogP contribution in [0.4, 0.5) is 5.69 Å². The molecule has 1 heterocycles. The molecular formula is C16H16Cl3N3. The van der Waals surface area contributed by atoms with Crippen molar-refractivity contribution in [1.29, 1.82) is 0 Å². The van der Waals surface area contributed by atoms with E-state index in [9.17, 15) is 0 Å². The molecule has 1 unspecified atom stereocenters. The number of piperazine rings is 1. The lowest BCUT2D eigenvalue weighted by Crippen LogP contribution is -2.51. The first-order valence-corrected chi connectivity index (χ1v) is 8.15. The van der Waals surface area contributed by atoms with E-state index >= 15 is 0 Å². The smallest absolute Gasteiger partial charge is 0.0684 e. The van der Waals surface area contributed by atoms with Gasteiger partial charge in [0.25, 0.3) is 0 Å². The van der Waals surface area contributed by atoms with E-state index in [1.807, 2.05) is 41.4 Å². The van der Waals surface area contributed by atoms with Crippen LogP contribution in [0.25, 0.3) is 0 Å². The summed E-state index contributed by atoms with van der Waals surface area (Å²) in [4.78, 5) is 2.27. The standard InChI is InChI=1S/C16H16Cl3N3/c17-12-3-1-11(2-4-12)16-10-21(20)7-8-22(16)15-6-5-13(18)9-14(15)19/h1-6,9,16H,7-8,10,20H2. The number of anilines is 1. The molecule has 2 aromatic carbocycles. The summed E-state index contributed by atoms with van der Waals surface area (Å²) < 4.78 is 0. The highest BCUT2D eigenvalue weighted by molar-refractivity contribution is 6.36. The van der Waals surface area contributed by atoms with Crippen molar-refractivity contribution in [2.24, 2.45) is 5.84 Å². The molecule has 2 N–H and O–H groups in total. The highest BCUT2D eigenvalue weighted by Gasteiger charge is 2.28. The topological polar surface area (TPSA) is 32.5 Å². The van der Waals surface area contributed by atoms with E-state index in [4.69, 9.17) is 40.6 Å². The zero-order chi connectivity index (χ0) is 15.7. The molecule has 1 fully saturated rings. The first-order valence-electron chi connectivity index (χ1n) is 7.01. The fraction of sp³-hybridized carbons (Fsp3) is 0.250. The summed E-state index contributed by atoms with van der Waals surface area (Å²) in [6.07, 6.45) is 0. The Hall–Kier alpha value is -0.970. The molecule has 0 spiro atoms. The molecule has 116 valence electrons. The Balaban J connectivity index is 1.98. The number of rotatable bonds is 2. The minimum atomic E-state index is 0.120. The van der Waals surface area contributed by atoms with Gasteiger partial charge in [0.05, 0.1) is 16.8 Å². The SMILES string of the molecule is NN1CCN(c2ccc(Cl)cc2Cl)C(c2ccc(Cl)cc2)C1. The predicted octanol–water partition coefficient (Wildman–Crippen LogP) is 4.38. The Kier molecular flexibility index (Phi) is 4.81. The van der Waals surface area contributed by atoms with Gasteiger partial charge in [-0.25, -0.2) is 5.01 Å². The monoisotopic (exact) mass is 355 g/mol. The zero-order valence-corrected chi connectivity index (χ0v) is 14.1. The Morgan fingerprint density at radius 3 is 2.27 bits per heavy atom. The van der Waals surface area contributed by atoms with Crippen LogP contribution >= 0.6 is 34.8 Å². The first kappa shape index (κ1) is 15.9. The second-order valence-corrected chi connectivity index (χ2v) is 6.63. The van der Waals surface area contributed by atoms with Crippen LogP contribution in [0.3, 0.4) is 0 Å². The molecule has 1 saturated heterocycles. The van der Waals surface area contributed by atoms with Gasteiger partial charge in [-0.1, -0.05) is 46.9 Å². The molecule has 0 amide bonds. The Bertz CT molecular complexity index is 660. The number of halogens is 3. The molecule has 22 heavy (non-hydrogen) atoms. The number of nitrogens with zero attached hydrogens (tertiary/aromatic N) is 2. The molecule has 1 atom stereocenters. The maximum Gasteiger partial charge on any atom is 0.0684 e. The quantitative estimate of drug-likeness (QED) is 0.810. The van der Waals surface area contributed by atoms with Gasteiger partial charge in [0.1, 0.15) is 0 Å². The average Bonchev–Trinajstić information content (AvgIpc) is 2.49. The van der Waals surface area contributed by atoms with E-state index in [1.165, 1.54) is 0 Å². The van der Waals surface area contributed by atoms with Gasteiger partial charge in [-0.15, -0.1) is 0 Å². The molecule has 0 bridgehead atoms. The molecule has 1 aliphatic rings. The molecule has 0 radical (unpaired) electrons. The third-order valence-electron chi connectivity index (χ3n) is 3.89. The third kappa shape index (κ3) is 3.34. The summed E-state index contributed by atoms with van der Waals surface area (Å²) in [6, 6.07) is 13.6. The first-order chi connectivity index (χ1) is 10.5. The van der Waals surface area contributed by atoms with Gasteiger partial charge >= 0.3 is 0 Å². The van der Waals surface area contributed by atoms with Crippen molar-refractivity contribution in [3.63, 3.8) is 0 Å². The summed E-state index contributed by atoms with van der Waals surface area (Å²) in [5, 5.41) is 3.84. The lowest BCUT2D eigenvalue weighted by Gasteiger charge is -2.41. The van der Waals surface area contributed by atoms with E-state index in [1.54, 1.807) is 6.07 Å². The molecule has 0 aromatic heterocycles. The maximum absolute atomic E-state index is 6.39. The molecule has 1 aliphatic heterocycles. The molecular weight excluding hydrogens is 341 g/mol. The molecule has 0 saturated carbocycles. The van der Waals surface area contributed by atoms with Crippen molar-refractivity contribution in [2.75, 3.05) is 24.5 Å². The van der Waals surface area contributed by atoms with Crippen LogP contribution in [0.2, 0.25) is 15.1 Å². The fourth-order valence-corrected chi connectivity index (χ4v) is 3.42. The predicted molar refractivity (Wildman–Crippen MR) is 93.8 cm³/mol. The van der Waals surface area contributed by atoms with E-state index in [-0.39, 0.29) is 6.04 Å². The lowest BCUT2D eigenvalue weighted by molar-refractivity contribution is 0.229. The van der Waals surface area contributed by atoms with Crippen molar-refractivity contribution in [3.05, 3.63) is 63.1 Å². The van der Waals surface area contributed by atoms with Crippen molar-refractivity contribution >= 4 is 40.5 Å². The van der Waals surface area contributed by atoms with Crippen molar-refractivity contribution in [1.82, 2.24) is 5.01 Å². The lowest BCUT2D eigenvalue weighted by atomic mass is 10.0. The molecule has 0 aliphatic carbocycles. The number of nitrogens with two attached hydrogens (primary N) is 1. The molecule has 3 rings (SSSR count).